The molecule has 0 aromatic heterocycles. The molecule has 5 heteroatoms. The average molecular weight is 330 g/mol. The van der Waals surface area contributed by atoms with Crippen molar-refractivity contribution in [1.29, 1.82) is 0 Å². The largest absolute Gasteiger partial charge is 0.494 e. The van der Waals surface area contributed by atoms with Crippen LogP contribution in [-0.4, -0.2) is 61.3 Å². The highest BCUT2D eigenvalue weighted by Crippen LogP contribution is 2.36. The molecule has 0 radical (unpaired) electrons. The molecule has 2 aliphatic rings. The Morgan fingerprint density at radius 1 is 0.917 bits per heavy atom. The van der Waals surface area contributed by atoms with Crippen LogP contribution in [0.1, 0.15) is 46.2 Å². The summed E-state index contributed by atoms with van der Waals surface area (Å²) in [6, 6.07) is 9.21. The lowest BCUT2D eigenvalue weighted by Gasteiger charge is -2.36. The minimum Gasteiger partial charge on any atom is -0.399 e. The van der Waals surface area contributed by atoms with Gasteiger partial charge in [0.2, 0.25) is 0 Å². The summed E-state index contributed by atoms with van der Waals surface area (Å²) in [5.74, 6) is 0. The number of likely N-dealkylation sites (N-methyl/N-ethyl adjacent to an activating group) is 1. The fourth-order valence-electron chi connectivity index (χ4n) is 3.33. The van der Waals surface area contributed by atoms with Crippen LogP contribution in [0, 0.1) is 0 Å². The van der Waals surface area contributed by atoms with E-state index < -0.39 is 0 Å². The number of rotatable bonds is 3. The third-order valence-electron chi connectivity index (χ3n) is 6.03. The van der Waals surface area contributed by atoms with E-state index in [9.17, 15) is 0 Å². The molecule has 0 spiro atoms. The highest BCUT2D eigenvalue weighted by Gasteiger charge is 2.51. The molecule has 132 valence electrons. The maximum absolute atomic E-state index is 6.14. The standard InChI is InChI=1S/C19H31BN2O2/c1-15(22-13-11-21(6)12-14-22)16-7-9-17(10-8-16)20-23-18(2,3)19(4,5)24-20/h7-10,15H,11-14H2,1-6H3. The highest BCUT2D eigenvalue weighted by molar-refractivity contribution is 6.62. The smallest absolute Gasteiger partial charge is 0.399 e. The molecule has 1 atom stereocenters. The predicted octanol–water partition coefficient (Wildman–Crippen LogP) is 2.29. The van der Waals surface area contributed by atoms with Gasteiger partial charge in [0, 0.05) is 32.2 Å². The molecule has 0 N–H and O–H groups in total. The van der Waals surface area contributed by atoms with Gasteiger partial charge >= 0.3 is 7.12 Å². The molecule has 3 rings (SSSR count). The van der Waals surface area contributed by atoms with E-state index in [-0.39, 0.29) is 18.3 Å². The molecule has 2 aliphatic heterocycles. The summed E-state index contributed by atoms with van der Waals surface area (Å²) in [5.41, 5.74) is 1.88. The minimum atomic E-state index is -0.288. The van der Waals surface area contributed by atoms with Crippen molar-refractivity contribution in [1.82, 2.24) is 9.80 Å². The second kappa shape index (κ2) is 6.45. The maximum atomic E-state index is 6.14. The molecule has 1 unspecified atom stereocenters. The minimum absolute atomic E-state index is 0.275. The van der Waals surface area contributed by atoms with Crippen molar-refractivity contribution >= 4 is 12.6 Å². The molecule has 0 aliphatic carbocycles. The van der Waals surface area contributed by atoms with Crippen molar-refractivity contribution in [2.75, 3.05) is 33.2 Å². The van der Waals surface area contributed by atoms with Crippen LogP contribution in [0.15, 0.2) is 24.3 Å². The van der Waals surface area contributed by atoms with E-state index in [0.29, 0.717) is 6.04 Å². The number of hydrogen-bond donors (Lipinski definition) is 0. The lowest BCUT2D eigenvalue weighted by atomic mass is 9.78. The van der Waals surface area contributed by atoms with Crippen LogP contribution < -0.4 is 5.46 Å². The summed E-state index contributed by atoms with van der Waals surface area (Å²) in [5, 5.41) is 0. The topological polar surface area (TPSA) is 24.9 Å². The third kappa shape index (κ3) is 3.41. The molecule has 2 heterocycles. The first kappa shape index (κ1) is 17.9. The van der Waals surface area contributed by atoms with Crippen LogP contribution >= 0.6 is 0 Å². The third-order valence-corrected chi connectivity index (χ3v) is 6.03. The van der Waals surface area contributed by atoms with Gasteiger partial charge < -0.3 is 14.2 Å². The van der Waals surface area contributed by atoms with Gasteiger partial charge in [-0.15, -0.1) is 0 Å². The first-order chi connectivity index (χ1) is 11.2. The van der Waals surface area contributed by atoms with Crippen LogP contribution in [0.2, 0.25) is 0 Å². The molecule has 2 fully saturated rings. The average Bonchev–Trinajstić information content (AvgIpc) is 2.76. The van der Waals surface area contributed by atoms with Crippen LogP contribution in [-0.2, 0) is 9.31 Å². The van der Waals surface area contributed by atoms with Crippen molar-refractivity contribution < 1.29 is 9.31 Å². The molecular weight excluding hydrogens is 299 g/mol. The van der Waals surface area contributed by atoms with Gasteiger partial charge in [0.05, 0.1) is 11.2 Å². The van der Waals surface area contributed by atoms with Crippen molar-refractivity contribution in [3.63, 3.8) is 0 Å². The van der Waals surface area contributed by atoms with Gasteiger partial charge in [0.15, 0.2) is 0 Å². The summed E-state index contributed by atoms with van der Waals surface area (Å²) in [7, 11) is 1.92. The van der Waals surface area contributed by atoms with Gasteiger partial charge in [-0.1, -0.05) is 24.3 Å². The molecular formula is C19H31BN2O2. The Hall–Kier alpha value is -0.875. The van der Waals surface area contributed by atoms with Gasteiger partial charge in [-0.25, -0.2) is 0 Å². The van der Waals surface area contributed by atoms with Crippen LogP contribution in [0.3, 0.4) is 0 Å². The van der Waals surface area contributed by atoms with E-state index in [1.807, 2.05) is 0 Å². The van der Waals surface area contributed by atoms with E-state index in [4.69, 9.17) is 9.31 Å². The summed E-state index contributed by atoms with van der Waals surface area (Å²) >= 11 is 0. The fourth-order valence-corrected chi connectivity index (χ4v) is 3.33. The molecule has 4 nitrogen and oxygen atoms in total. The van der Waals surface area contributed by atoms with E-state index in [0.717, 1.165) is 31.6 Å². The normalized spacial score (nSPS) is 25.8. The molecule has 1 aromatic rings. The first-order valence-electron chi connectivity index (χ1n) is 9.08. The Kier molecular flexibility index (Phi) is 4.82. The van der Waals surface area contributed by atoms with Gasteiger partial charge in [-0.2, -0.15) is 0 Å². The van der Waals surface area contributed by atoms with Crippen molar-refractivity contribution in [2.45, 2.75) is 51.9 Å². The monoisotopic (exact) mass is 330 g/mol. The molecule has 0 bridgehead atoms. The maximum Gasteiger partial charge on any atom is 0.494 e. The Labute approximate surface area is 147 Å². The summed E-state index contributed by atoms with van der Waals surface area (Å²) < 4.78 is 12.3. The number of benzene rings is 1. The zero-order valence-corrected chi connectivity index (χ0v) is 16.0. The summed E-state index contributed by atoms with van der Waals surface area (Å²) in [4.78, 5) is 4.95. The van der Waals surface area contributed by atoms with Gasteiger partial charge in [-0.3, -0.25) is 4.90 Å². The zero-order chi connectivity index (χ0) is 17.5. The lowest BCUT2D eigenvalue weighted by molar-refractivity contribution is 0.00578. The quantitative estimate of drug-likeness (QED) is 0.794. The van der Waals surface area contributed by atoms with E-state index in [2.05, 4.69) is 75.7 Å². The van der Waals surface area contributed by atoms with Crippen LogP contribution in [0.4, 0.5) is 0 Å². The Balaban J connectivity index is 1.68. The van der Waals surface area contributed by atoms with Crippen LogP contribution in [0.5, 0.6) is 0 Å². The number of hydrogen-bond acceptors (Lipinski definition) is 4. The molecule has 1 aromatic carbocycles. The van der Waals surface area contributed by atoms with E-state index in [1.54, 1.807) is 0 Å². The second-order valence-electron chi connectivity index (χ2n) is 8.27. The summed E-state index contributed by atoms with van der Waals surface area (Å²) in [6.07, 6.45) is 0. The number of nitrogens with zero attached hydrogens (tertiary/aromatic N) is 2. The summed E-state index contributed by atoms with van der Waals surface area (Å²) in [6.45, 7) is 15.2. The SMILES string of the molecule is CC(c1ccc(B2OC(C)(C)C(C)(C)O2)cc1)N1CCN(C)CC1. The predicted molar refractivity (Wildman–Crippen MR) is 99.6 cm³/mol. The Morgan fingerprint density at radius 2 is 1.42 bits per heavy atom. The Bertz CT molecular complexity index is 549. The van der Waals surface area contributed by atoms with Gasteiger partial charge in [0.1, 0.15) is 0 Å². The molecule has 0 amide bonds. The molecule has 0 saturated carbocycles. The lowest BCUT2D eigenvalue weighted by Crippen LogP contribution is -2.45. The van der Waals surface area contributed by atoms with Crippen molar-refractivity contribution in [3.8, 4) is 0 Å². The number of piperazine rings is 1. The molecule has 2 saturated heterocycles. The van der Waals surface area contributed by atoms with Crippen molar-refractivity contribution in [2.24, 2.45) is 0 Å². The van der Waals surface area contributed by atoms with E-state index in [1.165, 1.54) is 5.56 Å². The van der Waals surface area contributed by atoms with Gasteiger partial charge in [0.25, 0.3) is 0 Å². The highest BCUT2D eigenvalue weighted by atomic mass is 16.7. The fraction of sp³-hybridized carbons (Fsp3) is 0.684. The second-order valence-corrected chi connectivity index (χ2v) is 8.27. The van der Waals surface area contributed by atoms with E-state index >= 15 is 0 Å². The molecule has 24 heavy (non-hydrogen) atoms. The first-order valence-corrected chi connectivity index (χ1v) is 9.08. The van der Waals surface area contributed by atoms with Gasteiger partial charge in [-0.05, 0) is 52.7 Å². The Morgan fingerprint density at radius 3 is 1.92 bits per heavy atom. The zero-order valence-electron chi connectivity index (χ0n) is 16.0. The van der Waals surface area contributed by atoms with Crippen molar-refractivity contribution in [3.05, 3.63) is 29.8 Å². The van der Waals surface area contributed by atoms with Crippen LogP contribution in [0.25, 0.3) is 0 Å².